The third-order valence-electron chi connectivity index (χ3n) is 2.96. The molecule has 7 heteroatoms. The number of nitrogens with zero attached hydrogens (tertiary/aromatic N) is 2. The summed E-state index contributed by atoms with van der Waals surface area (Å²) in [5.41, 5.74) is 0. The predicted molar refractivity (Wildman–Crippen MR) is 72.1 cm³/mol. The Morgan fingerprint density at radius 2 is 2.29 bits per heavy atom. The number of alkyl halides is 1. The van der Waals surface area contributed by atoms with Gasteiger partial charge in [-0.05, 0) is 19.3 Å². The van der Waals surface area contributed by atoms with Crippen LogP contribution < -0.4 is 0 Å². The standard InChI is InChI=1S/C10H15BrN2O2S2/c1-7-6-13(4-3-9(7)11)17(14,15)10-5-12-8(2)16-10/h5,7,9H,3-4,6H2,1-2H3. The molecule has 96 valence electrons. The Labute approximate surface area is 114 Å². The summed E-state index contributed by atoms with van der Waals surface area (Å²) >= 11 is 4.81. The molecule has 0 saturated carbocycles. The van der Waals surface area contributed by atoms with E-state index in [-0.39, 0.29) is 0 Å². The molecule has 0 aliphatic carbocycles. The van der Waals surface area contributed by atoms with E-state index in [1.807, 2.05) is 6.92 Å². The fourth-order valence-electron chi connectivity index (χ4n) is 1.89. The maximum absolute atomic E-state index is 12.3. The first kappa shape index (κ1) is 13.5. The molecule has 0 spiro atoms. The summed E-state index contributed by atoms with van der Waals surface area (Å²) in [6.07, 6.45) is 2.32. The van der Waals surface area contributed by atoms with Crippen molar-refractivity contribution in [2.24, 2.45) is 5.92 Å². The molecule has 0 bridgehead atoms. The van der Waals surface area contributed by atoms with Crippen molar-refractivity contribution in [3.05, 3.63) is 11.2 Å². The zero-order valence-corrected chi connectivity index (χ0v) is 13.0. The molecule has 2 rings (SSSR count). The first-order valence-electron chi connectivity index (χ1n) is 5.48. The summed E-state index contributed by atoms with van der Waals surface area (Å²) in [4.78, 5) is 4.43. The molecule has 1 aromatic heterocycles. The number of sulfonamides is 1. The molecular formula is C10H15BrN2O2S2. The molecule has 2 atom stereocenters. The second-order valence-electron chi connectivity index (χ2n) is 4.34. The van der Waals surface area contributed by atoms with Crippen molar-refractivity contribution >= 4 is 37.3 Å². The highest BCUT2D eigenvalue weighted by atomic mass is 79.9. The van der Waals surface area contributed by atoms with Crippen molar-refractivity contribution in [2.45, 2.75) is 29.3 Å². The third kappa shape index (κ3) is 2.72. The number of piperidine rings is 1. The fourth-order valence-corrected chi connectivity index (χ4v) is 5.08. The van der Waals surface area contributed by atoms with Gasteiger partial charge in [0, 0.05) is 17.9 Å². The van der Waals surface area contributed by atoms with Gasteiger partial charge in [-0.3, -0.25) is 0 Å². The number of hydrogen-bond donors (Lipinski definition) is 0. The Balaban J connectivity index is 2.22. The first-order valence-corrected chi connectivity index (χ1v) is 8.65. The number of thiazole rings is 1. The Hall–Kier alpha value is 0.0200. The average Bonchev–Trinajstić information content (AvgIpc) is 2.69. The van der Waals surface area contributed by atoms with Crippen LogP contribution in [0.15, 0.2) is 10.4 Å². The zero-order valence-electron chi connectivity index (χ0n) is 9.76. The highest BCUT2D eigenvalue weighted by Crippen LogP contribution is 2.29. The van der Waals surface area contributed by atoms with Gasteiger partial charge in [0.25, 0.3) is 10.0 Å². The highest BCUT2D eigenvalue weighted by Gasteiger charge is 2.33. The molecule has 0 aromatic carbocycles. The molecule has 1 aliphatic heterocycles. The van der Waals surface area contributed by atoms with E-state index >= 15 is 0 Å². The van der Waals surface area contributed by atoms with Gasteiger partial charge in [-0.25, -0.2) is 13.4 Å². The van der Waals surface area contributed by atoms with Crippen LogP contribution >= 0.6 is 27.3 Å². The van der Waals surface area contributed by atoms with Crippen molar-refractivity contribution in [1.29, 1.82) is 0 Å². The van der Waals surface area contributed by atoms with E-state index < -0.39 is 10.0 Å². The Bertz CT molecular complexity index is 500. The minimum absolute atomic E-state index is 0.340. The van der Waals surface area contributed by atoms with Crippen molar-refractivity contribution in [3.63, 3.8) is 0 Å². The average molecular weight is 339 g/mol. The molecule has 1 saturated heterocycles. The Kier molecular flexibility index (Phi) is 3.92. The van der Waals surface area contributed by atoms with E-state index in [1.54, 1.807) is 4.31 Å². The van der Waals surface area contributed by atoms with Crippen molar-refractivity contribution in [2.75, 3.05) is 13.1 Å². The molecule has 0 radical (unpaired) electrons. The van der Waals surface area contributed by atoms with Gasteiger partial charge in [0.1, 0.15) is 0 Å². The molecular weight excluding hydrogens is 324 g/mol. The summed E-state index contributed by atoms with van der Waals surface area (Å²) in [7, 11) is -3.33. The van der Waals surface area contributed by atoms with Crippen molar-refractivity contribution in [1.82, 2.24) is 9.29 Å². The summed E-state index contributed by atoms with van der Waals surface area (Å²) in [6, 6.07) is 0. The normalized spacial score (nSPS) is 27.2. The smallest absolute Gasteiger partial charge is 0.249 e. The third-order valence-corrected chi connectivity index (χ3v) is 7.53. The fraction of sp³-hybridized carbons (Fsp3) is 0.700. The van der Waals surface area contributed by atoms with Crippen LogP contribution in [-0.4, -0.2) is 35.6 Å². The number of aromatic nitrogens is 1. The molecule has 2 heterocycles. The highest BCUT2D eigenvalue weighted by molar-refractivity contribution is 9.09. The van der Waals surface area contributed by atoms with Gasteiger partial charge >= 0.3 is 0 Å². The van der Waals surface area contributed by atoms with Crippen LogP contribution in [-0.2, 0) is 10.0 Å². The van der Waals surface area contributed by atoms with Crippen LogP contribution in [0, 0.1) is 12.8 Å². The van der Waals surface area contributed by atoms with Gasteiger partial charge in [-0.1, -0.05) is 22.9 Å². The Morgan fingerprint density at radius 1 is 1.59 bits per heavy atom. The summed E-state index contributed by atoms with van der Waals surface area (Å²) < 4.78 is 26.6. The monoisotopic (exact) mass is 338 g/mol. The summed E-state index contributed by atoms with van der Waals surface area (Å²) in [6.45, 7) is 5.05. The SMILES string of the molecule is Cc1ncc(S(=O)(=O)N2CCC(Br)C(C)C2)s1. The van der Waals surface area contributed by atoms with Crippen LogP contribution in [0.2, 0.25) is 0 Å². The topological polar surface area (TPSA) is 50.3 Å². The quantitative estimate of drug-likeness (QED) is 0.777. The van der Waals surface area contributed by atoms with Gasteiger partial charge in [0.15, 0.2) is 4.21 Å². The molecule has 17 heavy (non-hydrogen) atoms. The molecule has 0 N–H and O–H groups in total. The van der Waals surface area contributed by atoms with E-state index in [4.69, 9.17) is 0 Å². The molecule has 4 nitrogen and oxygen atoms in total. The lowest BCUT2D eigenvalue weighted by molar-refractivity contribution is 0.292. The second kappa shape index (κ2) is 4.95. The van der Waals surface area contributed by atoms with Crippen LogP contribution in [0.4, 0.5) is 0 Å². The van der Waals surface area contributed by atoms with E-state index in [1.165, 1.54) is 17.5 Å². The maximum Gasteiger partial charge on any atom is 0.254 e. The van der Waals surface area contributed by atoms with Crippen molar-refractivity contribution < 1.29 is 8.42 Å². The van der Waals surface area contributed by atoms with Crippen LogP contribution in [0.5, 0.6) is 0 Å². The van der Waals surface area contributed by atoms with E-state index in [9.17, 15) is 8.42 Å². The molecule has 1 fully saturated rings. The largest absolute Gasteiger partial charge is 0.254 e. The minimum Gasteiger partial charge on any atom is -0.249 e. The van der Waals surface area contributed by atoms with E-state index in [0.29, 0.717) is 28.0 Å². The van der Waals surface area contributed by atoms with Gasteiger partial charge in [-0.15, -0.1) is 11.3 Å². The van der Waals surface area contributed by atoms with Gasteiger partial charge < -0.3 is 0 Å². The van der Waals surface area contributed by atoms with Gasteiger partial charge in [0.2, 0.25) is 0 Å². The van der Waals surface area contributed by atoms with E-state index in [0.717, 1.165) is 11.4 Å². The molecule has 1 aliphatic rings. The van der Waals surface area contributed by atoms with E-state index in [2.05, 4.69) is 27.8 Å². The number of hydrogen-bond acceptors (Lipinski definition) is 4. The minimum atomic E-state index is -3.33. The molecule has 0 amide bonds. The van der Waals surface area contributed by atoms with Crippen molar-refractivity contribution in [3.8, 4) is 0 Å². The van der Waals surface area contributed by atoms with Crippen LogP contribution in [0.1, 0.15) is 18.4 Å². The van der Waals surface area contributed by atoms with Crippen LogP contribution in [0.3, 0.4) is 0 Å². The molecule has 1 aromatic rings. The summed E-state index contributed by atoms with van der Waals surface area (Å²) in [5.74, 6) is 0.340. The maximum atomic E-state index is 12.3. The number of halogens is 1. The Morgan fingerprint density at radius 3 is 2.82 bits per heavy atom. The lowest BCUT2D eigenvalue weighted by Crippen LogP contribution is -2.42. The summed E-state index contributed by atoms with van der Waals surface area (Å²) in [5, 5.41) is 0.784. The number of rotatable bonds is 2. The lowest BCUT2D eigenvalue weighted by Gasteiger charge is -2.32. The lowest BCUT2D eigenvalue weighted by atomic mass is 10.0. The second-order valence-corrected chi connectivity index (χ2v) is 8.92. The van der Waals surface area contributed by atoms with Gasteiger partial charge in [-0.2, -0.15) is 4.31 Å². The first-order chi connectivity index (χ1) is 7.91. The van der Waals surface area contributed by atoms with Crippen LogP contribution in [0.25, 0.3) is 0 Å². The number of aryl methyl sites for hydroxylation is 1. The molecule has 2 unspecified atom stereocenters. The zero-order chi connectivity index (χ0) is 12.6. The predicted octanol–water partition coefficient (Wildman–Crippen LogP) is 2.25. The van der Waals surface area contributed by atoms with Gasteiger partial charge in [0.05, 0.1) is 11.2 Å².